The molecule has 11 heteroatoms. The molecule has 5 aliphatic rings. The fourth-order valence-electron chi connectivity index (χ4n) is 9.13. The lowest BCUT2D eigenvalue weighted by Crippen LogP contribution is -2.79. The van der Waals surface area contributed by atoms with Crippen molar-refractivity contribution in [2.24, 2.45) is 28.6 Å². The van der Waals surface area contributed by atoms with E-state index < -0.39 is 84.6 Å². The van der Waals surface area contributed by atoms with Crippen molar-refractivity contribution in [3.63, 3.8) is 0 Å². The molecule has 2 saturated carbocycles. The van der Waals surface area contributed by atoms with Crippen molar-refractivity contribution in [1.29, 1.82) is 0 Å². The van der Waals surface area contributed by atoms with Gasteiger partial charge in [0.1, 0.15) is 12.2 Å². The van der Waals surface area contributed by atoms with Gasteiger partial charge in [-0.05, 0) is 48.4 Å². The summed E-state index contributed by atoms with van der Waals surface area (Å²) < 4.78 is 24.3. The van der Waals surface area contributed by atoms with Gasteiger partial charge in [0.2, 0.25) is 0 Å². The zero-order chi connectivity index (χ0) is 28.0. The van der Waals surface area contributed by atoms with Crippen LogP contribution < -0.4 is 0 Å². The van der Waals surface area contributed by atoms with Gasteiger partial charge in [-0.15, -0.1) is 0 Å². The number of rotatable bonds is 6. The molecule has 2 heterocycles. The summed E-state index contributed by atoms with van der Waals surface area (Å²) in [5.41, 5.74) is -3.57. The second kappa shape index (κ2) is 8.86. The summed E-state index contributed by atoms with van der Waals surface area (Å²) in [6.45, 7) is 9.57. The molecule has 5 rings (SSSR count). The quantitative estimate of drug-likeness (QED) is 0.330. The summed E-state index contributed by atoms with van der Waals surface area (Å²) in [5, 5.41) is 34.0. The summed E-state index contributed by atoms with van der Waals surface area (Å²) in [4.78, 5) is 40.2. The molecule has 1 spiro atoms. The average molecular weight is 553 g/mol. The standard InChI is InChI=1S/C27H40O10Si/c1-7-38(8-2,9-3)37-19-21-26-12-35-27(21,24(33)34-6)22(31)18(30)20(26)25(5)11-15(28)17(29)13(4)14(25)10-16(26)36-23(19)32/h14,16,18-22,29-31H,7-12H2,1-6H3/t14-,16+,18+,19+,20+,21+,22-,25-,26+,27-/m0/s1. The summed E-state index contributed by atoms with van der Waals surface area (Å²) in [6, 6.07) is 2.22. The first-order valence-electron chi connectivity index (χ1n) is 13.7. The molecule has 0 aromatic rings. The van der Waals surface area contributed by atoms with Crippen molar-refractivity contribution in [3.05, 3.63) is 11.3 Å². The zero-order valence-corrected chi connectivity index (χ0v) is 24.0. The molecule has 4 fully saturated rings. The number of methoxy groups -OCH3 is 1. The number of carbonyl (C=O) groups excluding carboxylic acids is 3. The van der Waals surface area contributed by atoms with Crippen molar-refractivity contribution in [2.75, 3.05) is 13.7 Å². The van der Waals surface area contributed by atoms with Gasteiger partial charge in [0, 0.05) is 23.7 Å². The lowest BCUT2D eigenvalue weighted by molar-refractivity contribution is -0.287. The molecule has 10 nitrogen and oxygen atoms in total. The van der Waals surface area contributed by atoms with Crippen LogP contribution in [0, 0.1) is 28.6 Å². The molecule has 10 atom stereocenters. The Bertz CT molecular complexity index is 1080. The Labute approximate surface area is 223 Å². The minimum Gasteiger partial charge on any atom is -0.504 e. The van der Waals surface area contributed by atoms with Crippen molar-refractivity contribution in [2.45, 2.75) is 95.6 Å². The number of aliphatic hydroxyl groups is 3. The number of ether oxygens (including phenoxy) is 3. The van der Waals surface area contributed by atoms with Crippen molar-refractivity contribution >= 4 is 26.0 Å². The summed E-state index contributed by atoms with van der Waals surface area (Å²) in [6.07, 6.45) is -4.97. The molecule has 0 aromatic heterocycles. The molecule has 38 heavy (non-hydrogen) atoms. The molecular weight excluding hydrogens is 512 g/mol. The Balaban J connectivity index is 1.75. The predicted octanol–water partition coefficient (Wildman–Crippen LogP) is 2.03. The van der Waals surface area contributed by atoms with Gasteiger partial charge in [-0.25, -0.2) is 9.59 Å². The van der Waals surface area contributed by atoms with Crippen LogP contribution in [-0.2, 0) is 33.0 Å². The second-order valence-corrected chi connectivity index (χ2v) is 16.9. The fourth-order valence-corrected chi connectivity index (χ4v) is 11.9. The molecular formula is C27H40O10Si. The van der Waals surface area contributed by atoms with E-state index in [0.717, 1.165) is 18.1 Å². The predicted molar refractivity (Wildman–Crippen MR) is 135 cm³/mol. The second-order valence-electron chi connectivity index (χ2n) is 12.2. The van der Waals surface area contributed by atoms with Crippen LogP contribution in [0.25, 0.3) is 0 Å². The maximum atomic E-state index is 13.8. The molecule has 0 aromatic carbocycles. The van der Waals surface area contributed by atoms with E-state index >= 15 is 0 Å². The van der Waals surface area contributed by atoms with Crippen LogP contribution in [0.5, 0.6) is 0 Å². The minimum absolute atomic E-state index is 0.0568. The number of Topliss-reactive ketones (excluding diaryl/α,β-unsaturated/α-hetero) is 1. The summed E-state index contributed by atoms with van der Waals surface area (Å²) >= 11 is 0. The van der Waals surface area contributed by atoms with E-state index in [1.807, 2.05) is 27.7 Å². The van der Waals surface area contributed by atoms with Gasteiger partial charge in [0.15, 0.2) is 31.6 Å². The zero-order valence-electron chi connectivity index (χ0n) is 23.0. The van der Waals surface area contributed by atoms with Gasteiger partial charge in [-0.1, -0.05) is 27.7 Å². The highest BCUT2D eigenvalue weighted by Gasteiger charge is 2.84. The van der Waals surface area contributed by atoms with E-state index in [-0.39, 0.29) is 25.2 Å². The molecule has 2 aliphatic heterocycles. The van der Waals surface area contributed by atoms with E-state index in [1.54, 1.807) is 6.92 Å². The monoisotopic (exact) mass is 552 g/mol. The van der Waals surface area contributed by atoms with Crippen molar-refractivity contribution in [1.82, 2.24) is 0 Å². The Kier molecular flexibility index (Phi) is 6.47. The van der Waals surface area contributed by atoms with Gasteiger partial charge < -0.3 is 34.0 Å². The van der Waals surface area contributed by atoms with E-state index in [1.165, 1.54) is 7.11 Å². The minimum atomic E-state index is -2.44. The number of fused-ring (bicyclic) bond motifs is 2. The Morgan fingerprint density at radius 1 is 1.13 bits per heavy atom. The van der Waals surface area contributed by atoms with E-state index in [2.05, 4.69) is 0 Å². The van der Waals surface area contributed by atoms with Gasteiger partial charge in [-0.2, -0.15) is 0 Å². The largest absolute Gasteiger partial charge is 0.504 e. The molecule has 0 radical (unpaired) electrons. The number of hydrogen-bond acceptors (Lipinski definition) is 10. The van der Waals surface area contributed by atoms with Crippen molar-refractivity contribution < 1.29 is 48.3 Å². The number of allylic oxidation sites excluding steroid dienone is 2. The SMILES string of the molecule is CC[Si](CC)(CC)O[C@H]1C(=O)O[C@@H]2C[C@H]3C(C)=C(O)C(=O)C[C@]3(C)[C@H]3[C@@H](O)[C@H](O)[C@@]4(C(=O)OC)OC[C@]32[C@@H]14. The first-order chi connectivity index (χ1) is 17.8. The van der Waals surface area contributed by atoms with E-state index in [4.69, 9.17) is 18.6 Å². The molecule has 0 amide bonds. The third-order valence-corrected chi connectivity index (χ3v) is 15.8. The van der Waals surface area contributed by atoms with Crippen LogP contribution in [0.1, 0.15) is 47.5 Å². The van der Waals surface area contributed by atoms with Crippen LogP contribution >= 0.6 is 0 Å². The van der Waals surface area contributed by atoms with Gasteiger partial charge in [-0.3, -0.25) is 4.79 Å². The first kappa shape index (κ1) is 27.8. The number of ketones is 1. The number of esters is 2. The highest BCUT2D eigenvalue weighted by Crippen LogP contribution is 2.73. The van der Waals surface area contributed by atoms with Crippen LogP contribution in [0.3, 0.4) is 0 Å². The van der Waals surface area contributed by atoms with E-state index in [9.17, 15) is 29.7 Å². The molecule has 212 valence electrons. The van der Waals surface area contributed by atoms with Gasteiger partial charge in [0.25, 0.3) is 0 Å². The summed E-state index contributed by atoms with van der Waals surface area (Å²) in [7, 11) is -1.26. The van der Waals surface area contributed by atoms with Crippen molar-refractivity contribution in [3.8, 4) is 0 Å². The molecule has 3 N–H and O–H groups in total. The normalized spacial score (nSPS) is 45.8. The lowest BCUT2D eigenvalue weighted by Gasteiger charge is -2.67. The summed E-state index contributed by atoms with van der Waals surface area (Å²) in [5.74, 6) is -4.39. The van der Waals surface area contributed by atoms with Gasteiger partial charge >= 0.3 is 11.9 Å². The number of carbonyl (C=O) groups is 3. The van der Waals surface area contributed by atoms with Crippen LogP contribution in [-0.4, -0.2) is 85.1 Å². The molecule has 0 unspecified atom stereocenters. The maximum Gasteiger partial charge on any atom is 0.341 e. The number of aliphatic hydroxyl groups excluding tert-OH is 3. The topological polar surface area (TPSA) is 149 Å². The third-order valence-electron chi connectivity index (χ3n) is 11.2. The highest BCUT2D eigenvalue weighted by molar-refractivity contribution is 6.73. The molecule has 2 saturated heterocycles. The smallest absolute Gasteiger partial charge is 0.341 e. The first-order valence-corrected chi connectivity index (χ1v) is 16.3. The van der Waals surface area contributed by atoms with Crippen LogP contribution in [0.2, 0.25) is 18.1 Å². The Hall–Kier alpha value is -1.79. The Morgan fingerprint density at radius 3 is 2.34 bits per heavy atom. The maximum absolute atomic E-state index is 13.8. The Morgan fingerprint density at radius 2 is 1.76 bits per heavy atom. The van der Waals surface area contributed by atoms with Gasteiger partial charge in [0.05, 0.1) is 19.8 Å². The van der Waals surface area contributed by atoms with Crippen LogP contribution in [0.15, 0.2) is 11.3 Å². The number of hydrogen-bond donors (Lipinski definition) is 3. The average Bonchev–Trinajstić information content (AvgIpc) is 3.21. The van der Waals surface area contributed by atoms with E-state index in [0.29, 0.717) is 5.57 Å². The van der Waals surface area contributed by atoms with Crippen LogP contribution in [0.4, 0.5) is 0 Å². The third kappa shape index (κ3) is 3.11. The fraction of sp³-hybridized carbons (Fsp3) is 0.815. The highest BCUT2D eigenvalue weighted by atomic mass is 28.4. The lowest BCUT2D eigenvalue weighted by atomic mass is 9.38. The molecule has 3 aliphatic carbocycles. The molecule has 2 bridgehead atoms.